The van der Waals surface area contributed by atoms with Crippen molar-refractivity contribution in [2.24, 2.45) is 0 Å². The van der Waals surface area contributed by atoms with E-state index >= 15 is 0 Å². The largest absolute Gasteiger partial charge is 0.482 e. The maximum absolute atomic E-state index is 12.4. The summed E-state index contributed by atoms with van der Waals surface area (Å²) < 4.78 is 6.44. The standard InChI is InChI=1S/C17H17BrN2O3S/c1-19(9-13-8-12(18)11-24-13)16(21)6-7-20-14-4-2-3-5-15(14)23-10-17(20)22/h2-5,8,11H,6-7,9-10H2,1H3. The smallest absolute Gasteiger partial charge is 0.265 e. The Labute approximate surface area is 153 Å². The fraction of sp³-hybridized carbons (Fsp3) is 0.294. The number of carbonyl (C=O) groups is 2. The van der Waals surface area contributed by atoms with Crippen LogP contribution in [0.1, 0.15) is 11.3 Å². The van der Waals surface area contributed by atoms with Crippen LogP contribution in [0.4, 0.5) is 5.69 Å². The molecule has 2 aromatic rings. The summed E-state index contributed by atoms with van der Waals surface area (Å²) in [5.74, 6) is 0.573. The van der Waals surface area contributed by atoms with Crippen LogP contribution in [0.3, 0.4) is 0 Å². The molecule has 0 aliphatic carbocycles. The maximum atomic E-state index is 12.4. The lowest BCUT2D eigenvalue weighted by atomic mass is 10.2. The van der Waals surface area contributed by atoms with Crippen LogP contribution in [0.25, 0.3) is 0 Å². The molecule has 0 saturated carbocycles. The summed E-state index contributed by atoms with van der Waals surface area (Å²) in [4.78, 5) is 28.9. The van der Waals surface area contributed by atoms with Gasteiger partial charge in [0, 0.05) is 34.7 Å². The number of para-hydroxylation sites is 2. The molecule has 0 radical (unpaired) electrons. The van der Waals surface area contributed by atoms with E-state index in [1.807, 2.05) is 35.7 Å². The van der Waals surface area contributed by atoms with Gasteiger partial charge in [-0.3, -0.25) is 9.59 Å². The van der Waals surface area contributed by atoms with E-state index in [2.05, 4.69) is 15.9 Å². The molecular weight excluding hydrogens is 392 g/mol. The highest BCUT2D eigenvalue weighted by molar-refractivity contribution is 9.10. The van der Waals surface area contributed by atoms with Crippen LogP contribution < -0.4 is 9.64 Å². The van der Waals surface area contributed by atoms with Crippen molar-refractivity contribution < 1.29 is 14.3 Å². The van der Waals surface area contributed by atoms with Crippen molar-refractivity contribution in [2.45, 2.75) is 13.0 Å². The van der Waals surface area contributed by atoms with Gasteiger partial charge in [0.2, 0.25) is 5.91 Å². The lowest BCUT2D eigenvalue weighted by Crippen LogP contribution is -2.41. The van der Waals surface area contributed by atoms with Crippen LogP contribution in [0, 0.1) is 0 Å². The van der Waals surface area contributed by atoms with E-state index < -0.39 is 0 Å². The molecule has 0 saturated heterocycles. The molecule has 1 aliphatic heterocycles. The highest BCUT2D eigenvalue weighted by Crippen LogP contribution is 2.31. The average Bonchev–Trinajstić information content (AvgIpc) is 2.98. The second-order valence-electron chi connectivity index (χ2n) is 5.53. The van der Waals surface area contributed by atoms with Gasteiger partial charge >= 0.3 is 0 Å². The summed E-state index contributed by atoms with van der Waals surface area (Å²) in [7, 11) is 1.78. The lowest BCUT2D eigenvalue weighted by molar-refractivity contribution is -0.130. The van der Waals surface area contributed by atoms with Crippen LogP contribution in [0.15, 0.2) is 40.2 Å². The van der Waals surface area contributed by atoms with Crippen molar-refractivity contribution in [3.05, 3.63) is 45.1 Å². The number of nitrogens with zero attached hydrogens (tertiary/aromatic N) is 2. The maximum Gasteiger partial charge on any atom is 0.265 e. The molecule has 1 aliphatic rings. The molecule has 126 valence electrons. The minimum atomic E-state index is -0.119. The molecule has 5 nitrogen and oxygen atoms in total. The molecule has 2 amide bonds. The highest BCUT2D eigenvalue weighted by Gasteiger charge is 2.25. The third-order valence-electron chi connectivity index (χ3n) is 3.80. The monoisotopic (exact) mass is 408 g/mol. The number of rotatable bonds is 5. The van der Waals surface area contributed by atoms with Crippen LogP contribution >= 0.6 is 27.3 Å². The second kappa shape index (κ2) is 7.36. The minimum Gasteiger partial charge on any atom is -0.482 e. The van der Waals surface area contributed by atoms with Crippen molar-refractivity contribution in [3.63, 3.8) is 0 Å². The van der Waals surface area contributed by atoms with E-state index in [4.69, 9.17) is 4.74 Å². The Bertz CT molecular complexity index is 762. The molecule has 1 aromatic carbocycles. The zero-order valence-corrected chi connectivity index (χ0v) is 15.6. The molecule has 0 fully saturated rings. The molecule has 3 rings (SSSR count). The van der Waals surface area contributed by atoms with Gasteiger partial charge in [-0.15, -0.1) is 11.3 Å². The number of hydrogen-bond acceptors (Lipinski definition) is 4. The highest BCUT2D eigenvalue weighted by atomic mass is 79.9. The molecule has 1 aromatic heterocycles. The SMILES string of the molecule is CN(Cc1cc(Br)cs1)C(=O)CCN1C(=O)COc2ccccc21. The predicted molar refractivity (Wildman–Crippen MR) is 97.4 cm³/mol. The molecule has 0 N–H and O–H groups in total. The van der Waals surface area contributed by atoms with E-state index in [-0.39, 0.29) is 24.8 Å². The number of amides is 2. The zero-order chi connectivity index (χ0) is 17.1. The fourth-order valence-corrected chi connectivity index (χ4v) is 4.06. The zero-order valence-electron chi connectivity index (χ0n) is 13.2. The van der Waals surface area contributed by atoms with Crippen LogP contribution in [-0.2, 0) is 16.1 Å². The van der Waals surface area contributed by atoms with E-state index in [0.29, 0.717) is 18.8 Å². The van der Waals surface area contributed by atoms with Gasteiger partial charge < -0.3 is 14.5 Å². The van der Waals surface area contributed by atoms with Crippen molar-refractivity contribution in [2.75, 3.05) is 25.1 Å². The third kappa shape index (κ3) is 3.79. The molecule has 7 heteroatoms. The molecule has 24 heavy (non-hydrogen) atoms. The van der Waals surface area contributed by atoms with Gasteiger partial charge in [-0.1, -0.05) is 12.1 Å². The van der Waals surface area contributed by atoms with Gasteiger partial charge in [-0.2, -0.15) is 0 Å². The van der Waals surface area contributed by atoms with Crippen molar-refractivity contribution >= 4 is 44.8 Å². The summed E-state index contributed by atoms with van der Waals surface area (Å²) in [6, 6.07) is 9.40. The first kappa shape index (κ1) is 17.0. The first-order chi connectivity index (χ1) is 11.5. The number of carbonyl (C=O) groups excluding carboxylic acids is 2. The van der Waals surface area contributed by atoms with Crippen LogP contribution in [-0.4, -0.2) is 36.9 Å². The minimum absolute atomic E-state index is 0.0105. The van der Waals surface area contributed by atoms with Crippen LogP contribution in [0.5, 0.6) is 5.75 Å². The number of halogens is 1. The van der Waals surface area contributed by atoms with Gasteiger partial charge in [0.25, 0.3) is 5.91 Å². The molecule has 0 atom stereocenters. The van der Waals surface area contributed by atoms with E-state index in [1.54, 1.807) is 28.2 Å². The van der Waals surface area contributed by atoms with E-state index in [0.717, 1.165) is 15.0 Å². The summed E-state index contributed by atoms with van der Waals surface area (Å²) in [5, 5.41) is 2.00. The number of ether oxygens (including phenoxy) is 1. The summed E-state index contributed by atoms with van der Waals surface area (Å²) in [6.07, 6.45) is 0.281. The molecular formula is C17H17BrN2O3S. The number of anilines is 1. The molecule has 2 heterocycles. The third-order valence-corrected chi connectivity index (χ3v) is 5.48. The lowest BCUT2D eigenvalue weighted by Gasteiger charge is -2.29. The number of thiophene rings is 1. The van der Waals surface area contributed by atoms with Gasteiger partial charge in [-0.05, 0) is 34.1 Å². The quantitative estimate of drug-likeness (QED) is 0.762. The Morgan fingerprint density at radius 1 is 1.42 bits per heavy atom. The van der Waals surface area contributed by atoms with E-state index in [9.17, 15) is 9.59 Å². The molecule has 0 bridgehead atoms. The second-order valence-corrected chi connectivity index (χ2v) is 7.44. The fourth-order valence-electron chi connectivity index (χ4n) is 2.56. The summed E-state index contributed by atoms with van der Waals surface area (Å²) >= 11 is 5.03. The predicted octanol–water partition coefficient (Wildman–Crippen LogP) is 3.28. The Balaban J connectivity index is 1.60. The molecule has 0 spiro atoms. The van der Waals surface area contributed by atoms with Gasteiger partial charge in [0.1, 0.15) is 5.75 Å². The Morgan fingerprint density at radius 3 is 2.96 bits per heavy atom. The van der Waals surface area contributed by atoms with Gasteiger partial charge in [0.05, 0.1) is 12.2 Å². The van der Waals surface area contributed by atoms with Crippen molar-refractivity contribution in [3.8, 4) is 5.75 Å². The van der Waals surface area contributed by atoms with Gasteiger partial charge in [0.15, 0.2) is 6.61 Å². The van der Waals surface area contributed by atoms with Crippen molar-refractivity contribution in [1.29, 1.82) is 0 Å². The Hall–Kier alpha value is -1.86. The topological polar surface area (TPSA) is 49.9 Å². The van der Waals surface area contributed by atoms with Crippen molar-refractivity contribution in [1.82, 2.24) is 4.90 Å². The number of fused-ring (bicyclic) bond motifs is 1. The van der Waals surface area contributed by atoms with E-state index in [1.165, 1.54) is 0 Å². The molecule has 0 unspecified atom stereocenters. The summed E-state index contributed by atoms with van der Waals surface area (Å²) in [5.41, 5.74) is 0.728. The number of hydrogen-bond donors (Lipinski definition) is 0. The number of benzene rings is 1. The first-order valence-electron chi connectivity index (χ1n) is 7.53. The first-order valence-corrected chi connectivity index (χ1v) is 9.21. The average molecular weight is 409 g/mol. The van der Waals surface area contributed by atoms with Crippen LogP contribution in [0.2, 0.25) is 0 Å². The normalized spacial score (nSPS) is 13.4. The van der Waals surface area contributed by atoms with Gasteiger partial charge in [-0.25, -0.2) is 0 Å². The Kier molecular flexibility index (Phi) is 5.20. The summed E-state index contributed by atoms with van der Waals surface area (Å²) in [6.45, 7) is 0.948. The Morgan fingerprint density at radius 2 is 2.21 bits per heavy atom.